The molecule has 222 valence electrons. The lowest BCUT2D eigenvalue weighted by Gasteiger charge is -2.60. The van der Waals surface area contributed by atoms with Crippen molar-refractivity contribution < 1.29 is 34.9 Å². The molecule has 4 amide bonds. The molecule has 0 aromatic rings. The van der Waals surface area contributed by atoms with E-state index in [1.807, 2.05) is 24.2 Å². The Bertz CT molecular complexity index is 902. The summed E-state index contributed by atoms with van der Waals surface area (Å²) in [5, 5.41) is 17.2. The molecule has 5 N–H and O–H groups in total. The van der Waals surface area contributed by atoms with E-state index in [-0.39, 0.29) is 59.2 Å². The van der Waals surface area contributed by atoms with Gasteiger partial charge in [-0.3, -0.25) is 24.0 Å². The smallest absolute Gasteiger partial charge is 0.289 e. The predicted molar refractivity (Wildman–Crippen MR) is 148 cm³/mol. The molecule has 11 nitrogen and oxygen atoms in total. The zero-order chi connectivity index (χ0) is 28.0. The van der Waals surface area contributed by atoms with Crippen molar-refractivity contribution in [3.8, 4) is 0 Å². The van der Waals surface area contributed by atoms with Gasteiger partial charge >= 0.3 is 0 Å². The molecular formula is C27H53N5O6. The normalized spacial score (nSPS) is 27.2. The minimum atomic E-state index is -1.05. The predicted octanol–water partition coefficient (Wildman–Crippen LogP) is 1.88. The van der Waals surface area contributed by atoms with Crippen LogP contribution in [0.15, 0.2) is 0 Å². The van der Waals surface area contributed by atoms with Gasteiger partial charge in [-0.25, -0.2) is 0 Å². The lowest BCUT2D eigenvalue weighted by atomic mass is 9.44. The van der Waals surface area contributed by atoms with Crippen molar-refractivity contribution in [2.45, 2.75) is 97.2 Å². The Morgan fingerprint density at radius 2 is 1.68 bits per heavy atom. The lowest BCUT2D eigenvalue weighted by Crippen LogP contribution is -2.63. The van der Waals surface area contributed by atoms with Gasteiger partial charge in [-0.1, -0.05) is 13.8 Å². The highest BCUT2D eigenvalue weighted by Crippen LogP contribution is 2.64. The number of carbonyl (C=O) groups is 5. The molecule has 5 fully saturated rings. The number of nitrogens with one attached hydrogen (secondary N) is 4. The fraction of sp³-hybridized carbons (Fsp3) is 0.815. The zero-order valence-electron chi connectivity index (χ0n) is 23.2. The topological polar surface area (TPSA) is 157 Å². The van der Waals surface area contributed by atoms with Crippen LogP contribution in [0.2, 0.25) is 0 Å². The molecule has 0 aromatic heterocycles. The second-order valence-corrected chi connectivity index (χ2v) is 12.0. The summed E-state index contributed by atoms with van der Waals surface area (Å²) >= 11 is 0. The maximum absolute atomic E-state index is 12.5. The molecule has 2 heterocycles. The van der Waals surface area contributed by atoms with E-state index in [2.05, 4.69) is 16.0 Å². The second-order valence-electron chi connectivity index (χ2n) is 12.0. The number of ketones is 1. The molecule has 11 heteroatoms. The Labute approximate surface area is 231 Å². The average molecular weight is 544 g/mol. The highest BCUT2D eigenvalue weighted by Gasteiger charge is 2.61. The minimum absolute atomic E-state index is 0. The van der Waals surface area contributed by atoms with E-state index in [0.717, 1.165) is 57.5 Å². The molecule has 3 unspecified atom stereocenters. The van der Waals surface area contributed by atoms with Crippen LogP contribution in [0.5, 0.6) is 0 Å². The van der Waals surface area contributed by atoms with E-state index in [1.165, 1.54) is 0 Å². The summed E-state index contributed by atoms with van der Waals surface area (Å²) in [5.74, 6) is -0.805. The van der Waals surface area contributed by atoms with E-state index in [1.54, 1.807) is 13.8 Å². The Morgan fingerprint density at radius 3 is 2.16 bits per heavy atom. The summed E-state index contributed by atoms with van der Waals surface area (Å²) in [6.07, 6.45) is 6.92. The molecule has 3 aliphatic carbocycles. The number of nitrogens with zero attached hydrogens (tertiary/aromatic N) is 1. The van der Waals surface area contributed by atoms with E-state index < -0.39 is 17.7 Å². The highest BCUT2D eigenvalue weighted by atomic mass is 16.5. The maximum Gasteiger partial charge on any atom is 0.289 e. The second kappa shape index (κ2) is 13.0. The van der Waals surface area contributed by atoms with Gasteiger partial charge in [0.25, 0.3) is 5.91 Å². The van der Waals surface area contributed by atoms with Crippen molar-refractivity contribution in [1.29, 1.82) is 0 Å². The van der Waals surface area contributed by atoms with Crippen molar-refractivity contribution in [2.24, 2.45) is 23.2 Å². The third-order valence-corrected chi connectivity index (χ3v) is 8.19. The molecule has 0 aromatic carbocycles. The van der Waals surface area contributed by atoms with Gasteiger partial charge in [-0.05, 0) is 77.0 Å². The molecule has 5 aliphatic rings. The number of carbonyl (C=O) groups excluding carboxylic acids is 5. The number of likely N-dealkylation sites (tertiary alicyclic amines) is 1. The summed E-state index contributed by atoms with van der Waals surface area (Å²) in [4.78, 5) is 61.7. The molecule has 3 saturated carbocycles. The first-order valence-electron chi connectivity index (χ1n) is 14.1. The van der Waals surface area contributed by atoms with Gasteiger partial charge in [0.15, 0.2) is 0 Å². The zero-order valence-corrected chi connectivity index (χ0v) is 23.2. The Morgan fingerprint density at radius 1 is 1.05 bits per heavy atom. The fourth-order valence-corrected chi connectivity index (χ4v) is 5.75. The van der Waals surface area contributed by atoms with Gasteiger partial charge < -0.3 is 26.1 Å². The van der Waals surface area contributed by atoms with Crippen LogP contribution >= 0.6 is 0 Å². The minimum Gasteiger partial charge on any atom is -0.356 e. The van der Waals surface area contributed by atoms with E-state index in [0.29, 0.717) is 13.0 Å². The van der Waals surface area contributed by atoms with Crippen LogP contribution in [0.3, 0.4) is 0 Å². The van der Waals surface area contributed by atoms with Crippen LogP contribution in [-0.2, 0) is 24.0 Å². The first-order chi connectivity index (χ1) is 18.0. The van der Waals surface area contributed by atoms with Gasteiger partial charge in [0, 0.05) is 42.7 Å². The summed E-state index contributed by atoms with van der Waals surface area (Å²) < 4.78 is 0. The van der Waals surface area contributed by atoms with Crippen LogP contribution in [0, 0.1) is 23.2 Å². The first kappa shape index (κ1) is 30.0. The number of amides is 4. The largest absolute Gasteiger partial charge is 0.356 e. The molecule has 38 heavy (non-hydrogen) atoms. The van der Waals surface area contributed by atoms with Crippen molar-refractivity contribution in [2.75, 3.05) is 19.6 Å². The molecular weight excluding hydrogens is 490 g/mol. The number of hydroxylamine groups is 1. The first-order valence-corrected chi connectivity index (χ1v) is 14.1. The average Bonchev–Trinajstić information content (AvgIpc) is 3.34. The van der Waals surface area contributed by atoms with Gasteiger partial charge in [-0.15, -0.1) is 0 Å². The number of rotatable bonds is 10. The van der Waals surface area contributed by atoms with Gasteiger partial charge in [0.2, 0.25) is 23.5 Å². The van der Waals surface area contributed by atoms with Crippen LogP contribution < -0.4 is 21.4 Å². The maximum atomic E-state index is 12.5. The van der Waals surface area contributed by atoms with E-state index in [9.17, 15) is 24.0 Å². The van der Waals surface area contributed by atoms with E-state index in [4.69, 9.17) is 5.21 Å². The number of hydrogen-bond donors (Lipinski definition) is 5. The van der Waals surface area contributed by atoms with Gasteiger partial charge in [-0.2, -0.15) is 5.48 Å². The van der Waals surface area contributed by atoms with Crippen LogP contribution in [0.25, 0.3) is 0 Å². The molecule has 2 bridgehead atoms. The molecule has 0 spiro atoms. The van der Waals surface area contributed by atoms with Gasteiger partial charge in [0.05, 0.1) is 0 Å². The third-order valence-electron chi connectivity index (χ3n) is 8.19. The number of Topliss-reactive ketones (excluding diaryl/α,β-unsaturated/α-hetero) is 1. The third kappa shape index (κ3) is 7.11. The highest BCUT2D eigenvalue weighted by molar-refractivity contribution is 6.38. The summed E-state index contributed by atoms with van der Waals surface area (Å²) in [7, 11) is 0. The van der Waals surface area contributed by atoms with E-state index >= 15 is 0 Å². The Hall–Kier alpha value is -2.53. The van der Waals surface area contributed by atoms with Crippen LogP contribution in [0.4, 0.5) is 0 Å². The number of piperidine rings is 1. The Balaban J connectivity index is 0. The molecule has 0 radical (unpaired) electrons. The van der Waals surface area contributed by atoms with Crippen molar-refractivity contribution >= 4 is 29.4 Å². The summed E-state index contributed by atoms with van der Waals surface area (Å²) in [6.45, 7) is 9.84. The summed E-state index contributed by atoms with van der Waals surface area (Å²) in [6, 6.07) is -1.54. The fourth-order valence-electron chi connectivity index (χ4n) is 5.75. The van der Waals surface area contributed by atoms with Crippen LogP contribution in [-0.4, -0.2) is 77.3 Å². The SMILES string of the molecule is CC(C)C(NC(=O)C12CC(C1)C2)C(=O)N1CCCC1.CC(C)NC(=O)C(=O)C(CC1CCCNC1=O)NO.[HH].[HH].[HH].[HH]. The quantitative estimate of drug-likeness (QED) is 0.208. The Kier molecular flexibility index (Phi) is 10.3. The van der Waals surface area contributed by atoms with Crippen molar-refractivity contribution in [3.63, 3.8) is 0 Å². The monoisotopic (exact) mass is 543 g/mol. The van der Waals surface area contributed by atoms with Crippen molar-refractivity contribution in [1.82, 2.24) is 26.3 Å². The molecule has 2 saturated heterocycles. The molecule has 2 aliphatic heterocycles. The van der Waals surface area contributed by atoms with Gasteiger partial charge in [0.1, 0.15) is 12.1 Å². The number of hydrogen-bond acceptors (Lipinski definition) is 7. The molecule has 3 atom stereocenters. The summed E-state index contributed by atoms with van der Waals surface area (Å²) in [5.41, 5.74) is 1.74. The van der Waals surface area contributed by atoms with Crippen molar-refractivity contribution in [3.05, 3.63) is 0 Å². The lowest BCUT2D eigenvalue weighted by molar-refractivity contribution is -0.167. The van der Waals surface area contributed by atoms with Crippen LogP contribution in [0.1, 0.15) is 84.8 Å². The molecule has 5 rings (SSSR count). The standard InChI is InChI=1S/C15H24N2O2.C12H21N3O4.4H2/c1-10(2)12(13(18)17-5-3-4-6-17)16-14(19)15-7-11(8-15)9-15;1-7(2)14-12(18)10(16)9(15-19)6-8-4-3-5-13-11(8)17;;;;/h10-12H,3-9H2,1-2H3,(H,16,19);7-9,15,19H,3-6H2,1-2H3,(H,13,17)(H,14,18);4*1H.